The highest BCUT2D eigenvalue weighted by Crippen LogP contribution is 2.34. The van der Waals surface area contributed by atoms with Gasteiger partial charge in [-0.1, -0.05) is 24.3 Å². The Balaban J connectivity index is 1.14. The van der Waals surface area contributed by atoms with Crippen molar-refractivity contribution in [3.05, 3.63) is 71.1 Å². The third-order valence-electron chi connectivity index (χ3n) is 6.86. The fourth-order valence-corrected chi connectivity index (χ4v) is 5.33. The van der Waals surface area contributed by atoms with E-state index >= 15 is 0 Å². The minimum absolute atomic E-state index is 0.152. The molecule has 2 fully saturated rings. The second-order valence-corrected chi connectivity index (χ2v) is 8.81. The first-order valence-corrected chi connectivity index (χ1v) is 11.1. The molecule has 0 aliphatic carbocycles. The van der Waals surface area contributed by atoms with Crippen molar-refractivity contribution in [1.29, 1.82) is 0 Å². The van der Waals surface area contributed by atoms with Crippen LogP contribution < -0.4 is 10.5 Å². The lowest BCUT2D eigenvalue weighted by atomic mass is 10.0. The Morgan fingerprint density at radius 3 is 2.52 bits per heavy atom. The number of hydrogen-bond acceptors (Lipinski definition) is 4. The molecule has 2 atom stereocenters. The van der Waals surface area contributed by atoms with E-state index in [0.717, 1.165) is 68.0 Å². The molecule has 0 aromatic heterocycles. The van der Waals surface area contributed by atoms with Crippen LogP contribution in [0.5, 0.6) is 5.75 Å². The van der Waals surface area contributed by atoms with Crippen LogP contribution in [0.1, 0.15) is 38.3 Å². The number of likely N-dealkylation sites (tertiary alicyclic amines) is 2. The van der Waals surface area contributed by atoms with Gasteiger partial charge in [-0.3, -0.25) is 9.59 Å². The maximum Gasteiger partial charge on any atom is 0.254 e. The lowest BCUT2D eigenvalue weighted by Crippen LogP contribution is -2.34. The van der Waals surface area contributed by atoms with Gasteiger partial charge in [-0.15, -0.1) is 0 Å². The van der Waals surface area contributed by atoms with Crippen LogP contribution in [0.4, 0.5) is 0 Å². The summed E-state index contributed by atoms with van der Waals surface area (Å²) in [7, 11) is 0. The number of hydrogen-bond donors (Lipinski definition) is 1. The highest BCUT2D eigenvalue weighted by molar-refractivity contribution is 5.97. The molecule has 2 aromatic rings. The number of fused-ring (bicyclic) bond motifs is 2. The molecule has 2 saturated heterocycles. The number of ether oxygens (including phenoxy) is 1. The lowest BCUT2D eigenvalue weighted by Gasteiger charge is -2.22. The van der Waals surface area contributed by atoms with Gasteiger partial charge in [0.2, 0.25) is 5.91 Å². The molecule has 6 nitrogen and oxygen atoms in total. The summed E-state index contributed by atoms with van der Waals surface area (Å²) in [6, 6.07) is 13.3. The molecule has 2 N–H and O–H groups in total. The van der Waals surface area contributed by atoms with Gasteiger partial charge in [0.05, 0.1) is 6.61 Å². The minimum atomic E-state index is -0.386. The number of primary amides is 1. The molecule has 5 rings (SSSR count). The first-order chi connectivity index (χ1) is 15.1. The van der Waals surface area contributed by atoms with Gasteiger partial charge < -0.3 is 20.3 Å². The van der Waals surface area contributed by atoms with Crippen molar-refractivity contribution >= 4 is 11.8 Å². The molecule has 1 unspecified atom stereocenters. The largest absolute Gasteiger partial charge is 0.493 e. The predicted molar refractivity (Wildman–Crippen MR) is 118 cm³/mol. The van der Waals surface area contributed by atoms with Gasteiger partial charge in [0.25, 0.3) is 5.91 Å². The number of amides is 2. The Kier molecular flexibility index (Phi) is 5.40. The van der Waals surface area contributed by atoms with E-state index in [1.54, 1.807) is 6.07 Å². The summed E-state index contributed by atoms with van der Waals surface area (Å²) in [4.78, 5) is 29.2. The topological polar surface area (TPSA) is 75.9 Å². The second-order valence-electron chi connectivity index (χ2n) is 8.81. The number of benzene rings is 2. The summed E-state index contributed by atoms with van der Waals surface area (Å²) in [5.74, 6) is 1.71. The smallest absolute Gasteiger partial charge is 0.254 e. The molecule has 6 heteroatoms. The Labute approximate surface area is 183 Å². The summed E-state index contributed by atoms with van der Waals surface area (Å²) in [6.45, 7) is 5.33. The molecule has 3 aliphatic rings. The molecule has 161 valence electrons. The van der Waals surface area contributed by atoms with Crippen LogP contribution in [0.25, 0.3) is 0 Å². The molecule has 3 heterocycles. The average Bonchev–Trinajstić information content (AvgIpc) is 3.48. The van der Waals surface area contributed by atoms with E-state index < -0.39 is 0 Å². The van der Waals surface area contributed by atoms with E-state index in [1.165, 1.54) is 0 Å². The standard InChI is InChI=1S/C25H28N3O3/c26-24(29)20-7-2-1-5-17(20)6-4-11-27-13-18-15-28(16-19(18)14-27)25(30)22-8-3-9-23-21(22)10-12-31-23/h1-3,5-9,18-19H,4,10-16H2,(H2,26,29)/t18-,19?/m0/s1. The molecular weight excluding hydrogens is 390 g/mol. The fourth-order valence-electron chi connectivity index (χ4n) is 5.33. The number of carbonyl (C=O) groups is 2. The summed E-state index contributed by atoms with van der Waals surface area (Å²) < 4.78 is 5.62. The molecule has 0 bridgehead atoms. The SMILES string of the molecule is NC(=O)c1ccccc1[CH]CCN1CC2CN(C(=O)c3cccc4c3CCO4)C[C@@H]2C1. The van der Waals surface area contributed by atoms with Crippen molar-refractivity contribution in [3.63, 3.8) is 0 Å². The van der Waals surface area contributed by atoms with Crippen LogP contribution in [-0.4, -0.2) is 60.9 Å². The third kappa shape index (κ3) is 3.92. The molecule has 31 heavy (non-hydrogen) atoms. The predicted octanol–water partition coefficient (Wildman–Crippen LogP) is 2.37. The van der Waals surface area contributed by atoms with E-state index in [0.29, 0.717) is 24.0 Å². The Bertz CT molecular complexity index is 991. The zero-order valence-corrected chi connectivity index (χ0v) is 17.6. The van der Waals surface area contributed by atoms with Crippen molar-refractivity contribution in [3.8, 4) is 5.75 Å². The third-order valence-corrected chi connectivity index (χ3v) is 6.86. The maximum absolute atomic E-state index is 13.1. The van der Waals surface area contributed by atoms with Crippen LogP contribution in [0, 0.1) is 18.3 Å². The molecule has 2 amide bonds. The summed E-state index contributed by atoms with van der Waals surface area (Å²) >= 11 is 0. The Morgan fingerprint density at radius 1 is 1.00 bits per heavy atom. The van der Waals surface area contributed by atoms with Crippen LogP contribution >= 0.6 is 0 Å². The maximum atomic E-state index is 13.1. The van der Waals surface area contributed by atoms with Gasteiger partial charge in [0.15, 0.2) is 0 Å². The van der Waals surface area contributed by atoms with E-state index in [2.05, 4.69) is 11.3 Å². The number of rotatable bonds is 6. The highest BCUT2D eigenvalue weighted by Gasteiger charge is 2.42. The molecule has 0 spiro atoms. The van der Waals surface area contributed by atoms with Crippen LogP contribution in [0.15, 0.2) is 42.5 Å². The zero-order chi connectivity index (χ0) is 21.4. The van der Waals surface area contributed by atoms with Gasteiger partial charge in [0.1, 0.15) is 5.75 Å². The van der Waals surface area contributed by atoms with Crippen molar-refractivity contribution in [1.82, 2.24) is 9.80 Å². The van der Waals surface area contributed by atoms with E-state index in [1.807, 2.05) is 41.3 Å². The zero-order valence-electron chi connectivity index (χ0n) is 17.6. The van der Waals surface area contributed by atoms with Crippen LogP contribution in [0.2, 0.25) is 0 Å². The fraction of sp³-hybridized carbons (Fsp3) is 0.400. The average molecular weight is 419 g/mol. The van der Waals surface area contributed by atoms with Crippen LogP contribution in [-0.2, 0) is 6.42 Å². The van der Waals surface area contributed by atoms with Gasteiger partial charge >= 0.3 is 0 Å². The van der Waals surface area contributed by atoms with Crippen molar-refractivity contribution in [2.45, 2.75) is 12.8 Å². The quantitative estimate of drug-likeness (QED) is 0.782. The lowest BCUT2D eigenvalue weighted by molar-refractivity contribution is 0.0773. The van der Waals surface area contributed by atoms with E-state index in [-0.39, 0.29) is 11.8 Å². The van der Waals surface area contributed by atoms with Gasteiger partial charge in [-0.2, -0.15) is 0 Å². The van der Waals surface area contributed by atoms with E-state index in [9.17, 15) is 9.59 Å². The minimum Gasteiger partial charge on any atom is -0.493 e. The number of nitrogens with two attached hydrogens (primary N) is 1. The van der Waals surface area contributed by atoms with Gasteiger partial charge in [0, 0.05) is 49.3 Å². The normalized spacial score (nSPS) is 22.3. The van der Waals surface area contributed by atoms with Crippen LogP contribution in [0.3, 0.4) is 0 Å². The molecule has 3 aliphatic heterocycles. The van der Waals surface area contributed by atoms with Crippen molar-refractivity contribution in [2.75, 3.05) is 39.3 Å². The second kappa shape index (κ2) is 8.35. The molecule has 0 saturated carbocycles. The Morgan fingerprint density at radius 2 is 1.74 bits per heavy atom. The molecule has 2 aromatic carbocycles. The van der Waals surface area contributed by atoms with Gasteiger partial charge in [-0.05, 0) is 55.0 Å². The molecular formula is C25H28N3O3. The highest BCUT2D eigenvalue weighted by atomic mass is 16.5. The van der Waals surface area contributed by atoms with E-state index in [4.69, 9.17) is 10.5 Å². The number of carbonyl (C=O) groups excluding carboxylic acids is 2. The first-order valence-electron chi connectivity index (χ1n) is 11.1. The summed E-state index contributed by atoms with van der Waals surface area (Å²) in [5.41, 5.74) is 8.84. The first kappa shape index (κ1) is 20.1. The molecule has 1 radical (unpaired) electrons. The van der Waals surface area contributed by atoms with Gasteiger partial charge in [-0.25, -0.2) is 0 Å². The number of nitrogens with zero attached hydrogens (tertiary/aromatic N) is 2. The Hall–Kier alpha value is -2.86. The van der Waals surface area contributed by atoms with Crippen molar-refractivity contribution in [2.24, 2.45) is 17.6 Å². The monoisotopic (exact) mass is 418 g/mol. The summed E-state index contributed by atoms with van der Waals surface area (Å²) in [5, 5.41) is 0. The summed E-state index contributed by atoms with van der Waals surface area (Å²) in [6.07, 6.45) is 3.80. The van der Waals surface area contributed by atoms with Crippen molar-refractivity contribution < 1.29 is 14.3 Å².